The molecule has 0 bridgehead atoms. The fraction of sp³-hybridized carbons (Fsp3) is 0.333. The molecule has 1 fully saturated rings. The summed E-state index contributed by atoms with van der Waals surface area (Å²) < 4.78 is 38.8. The van der Waals surface area contributed by atoms with Gasteiger partial charge in [0.25, 0.3) is 0 Å². The Morgan fingerprint density at radius 1 is 1.07 bits per heavy atom. The molecule has 0 N–H and O–H groups in total. The third kappa shape index (κ3) is 4.35. The van der Waals surface area contributed by atoms with Gasteiger partial charge in [-0.15, -0.1) is 0 Å². The third-order valence-electron chi connectivity index (χ3n) is 4.93. The highest BCUT2D eigenvalue weighted by Crippen LogP contribution is 2.32. The number of nitrogens with zero attached hydrogens (tertiary/aromatic N) is 2. The molecule has 0 aliphatic carbocycles. The molecular formula is C21H21F3N2O2. The molecule has 2 aromatic rings. The van der Waals surface area contributed by atoms with Gasteiger partial charge in [0, 0.05) is 25.2 Å². The number of amides is 2. The van der Waals surface area contributed by atoms with E-state index in [4.69, 9.17) is 0 Å². The topological polar surface area (TPSA) is 40.6 Å². The molecule has 0 spiro atoms. The van der Waals surface area contributed by atoms with Crippen molar-refractivity contribution in [1.29, 1.82) is 0 Å². The van der Waals surface area contributed by atoms with E-state index in [-0.39, 0.29) is 37.0 Å². The summed E-state index contributed by atoms with van der Waals surface area (Å²) in [5.74, 6) is -0.507. The van der Waals surface area contributed by atoms with Gasteiger partial charge in [-0.2, -0.15) is 13.2 Å². The minimum absolute atomic E-state index is 0.131. The minimum atomic E-state index is -4.47. The van der Waals surface area contributed by atoms with Crippen LogP contribution < -0.4 is 4.90 Å². The van der Waals surface area contributed by atoms with Crippen molar-refractivity contribution in [3.63, 3.8) is 0 Å². The van der Waals surface area contributed by atoms with Crippen molar-refractivity contribution < 1.29 is 22.8 Å². The van der Waals surface area contributed by atoms with E-state index < -0.39 is 17.8 Å². The summed E-state index contributed by atoms with van der Waals surface area (Å²) >= 11 is 0. The predicted molar refractivity (Wildman–Crippen MR) is 99.7 cm³/mol. The van der Waals surface area contributed by atoms with Crippen LogP contribution in [0.4, 0.5) is 18.9 Å². The van der Waals surface area contributed by atoms with E-state index in [0.717, 1.165) is 17.7 Å². The molecule has 1 atom stereocenters. The molecule has 4 nitrogen and oxygen atoms in total. The van der Waals surface area contributed by atoms with Gasteiger partial charge >= 0.3 is 6.18 Å². The van der Waals surface area contributed by atoms with Gasteiger partial charge < -0.3 is 9.80 Å². The van der Waals surface area contributed by atoms with E-state index in [1.807, 2.05) is 30.3 Å². The van der Waals surface area contributed by atoms with Crippen LogP contribution in [-0.2, 0) is 22.2 Å². The molecule has 7 heteroatoms. The maximum absolute atomic E-state index is 12.9. The van der Waals surface area contributed by atoms with Gasteiger partial charge in [0.05, 0.1) is 5.56 Å². The SMILES string of the molecule is CC1C(=O)N(c2cccc(C(F)(F)F)c2)CCN1C(=O)CCc1ccccc1. The van der Waals surface area contributed by atoms with Crippen molar-refractivity contribution in [3.8, 4) is 0 Å². The van der Waals surface area contributed by atoms with E-state index in [1.54, 1.807) is 6.92 Å². The summed E-state index contributed by atoms with van der Waals surface area (Å²) in [6.07, 6.45) is -3.61. The molecule has 1 aliphatic heterocycles. The zero-order valence-electron chi connectivity index (χ0n) is 15.4. The second-order valence-electron chi connectivity index (χ2n) is 6.79. The number of rotatable bonds is 4. The molecule has 2 aromatic carbocycles. The highest BCUT2D eigenvalue weighted by Gasteiger charge is 2.36. The lowest BCUT2D eigenvalue weighted by atomic mass is 10.1. The zero-order valence-corrected chi connectivity index (χ0v) is 15.4. The Morgan fingerprint density at radius 3 is 2.46 bits per heavy atom. The van der Waals surface area contributed by atoms with Crippen molar-refractivity contribution in [2.45, 2.75) is 32.0 Å². The van der Waals surface area contributed by atoms with Crippen LogP contribution in [0.25, 0.3) is 0 Å². The van der Waals surface area contributed by atoms with Gasteiger partial charge in [-0.05, 0) is 37.1 Å². The molecule has 28 heavy (non-hydrogen) atoms. The monoisotopic (exact) mass is 390 g/mol. The molecule has 148 valence electrons. The Balaban J connectivity index is 1.67. The Bertz CT molecular complexity index is 852. The van der Waals surface area contributed by atoms with E-state index in [9.17, 15) is 22.8 Å². The first-order valence-electron chi connectivity index (χ1n) is 9.09. The van der Waals surface area contributed by atoms with Crippen LogP contribution in [0.3, 0.4) is 0 Å². The van der Waals surface area contributed by atoms with Crippen LogP contribution in [-0.4, -0.2) is 35.8 Å². The van der Waals surface area contributed by atoms with Crippen molar-refractivity contribution in [2.24, 2.45) is 0 Å². The summed E-state index contributed by atoms with van der Waals surface area (Å²) in [6.45, 7) is 2.07. The van der Waals surface area contributed by atoms with Crippen LogP contribution in [0.1, 0.15) is 24.5 Å². The van der Waals surface area contributed by atoms with Crippen LogP contribution in [0.5, 0.6) is 0 Å². The van der Waals surface area contributed by atoms with E-state index in [1.165, 1.54) is 21.9 Å². The average Bonchev–Trinajstić information content (AvgIpc) is 2.68. The second-order valence-corrected chi connectivity index (χ2v) is 6.79. The Kier molecular flexibility index (Phi) is 5.72. The van der Waals surface area contributed by atoms with Crippen molar-refractivity contribution in [1.82, 2.24) is 4.90 Å². The summed E-state index contributed by atoms with van der Waals surface area (Å²) in [6, 6.07) is 13.6. The lowest BCUT2D eigenvalue weighted by Gasteiger charge is -2.39. The van der Waals surface area contributed by atoms with E-state index in [2.05, 4.69) is 0 Å². The molecule has 1 saturated heterocycles. The van der Waals surface area contributed by atoms with Gasteiger partial charge in [0.1, 0.15) is 6.04 Å². The maximum Gasteiger partial charge on any atom is 0.416 e. The highest BCUT2D eigenvalue weighted by molar-refractivity contribution is 6.00. The Hall–Kier alpha value is -2.83. The van der Waals surface area contributed by atoms with Gasteiger partial charge in [0.15, 0.2) is 0 Å². The number of alkyl halides is 3. The van der Waals surface area contributed by atoms with Gasteiger partial charge in [-0.3, -0.25) is 9.59 Å². The largest absolute Gasteiger partial charge is 0.416 e. The first-order chi connectivity index (χ1) is 13.3. The highest BCUT2D eigenvalue weighted by atomic mass is 19.4. The summed E-state index contributed by atoms with van der Waals surface area (Å²) in [5, 5.41) is 0. The lowest BCUT2D eigenvalue weighted by molar-refractivity contribution is -0.140. The number of hydrogen-bond donors (Lipinski definition) is 0. The Labute approximate surface area is 161 Å². The smallest absolute Gasteiger partial charge is 0.329 e. The molecule has 1 heterocycles. The van der Waals surface area contributed by atoms with Crippen LogP contribution in [0.15, 0.2) is 54.6 Å². The lowest BCUT2D eigenvalue weighted by Crippen LogP contribution is -2.57. The molecule has 1 unspecified atom stereocenters. The normalized spacial score (nSPS) is 17.7. The first-order valence-corrected chi connectivity index (χ1v) is 9.09. The van der Waals surface area contributed by atoms with Crippen molar-refractivity contribution in [2.75, 3.05) is 18.0 Å². The predicted octanol–water partition coefficient (Wildman–Crippen LogP) is 3.90. The van der Waals surface area contributed by atoms with E-state index in [0.29, 0.717) is 6.42 Å². The molecule has 2 amide bonds. The molecule has 0 saturated carbocycles. The number of carbonyl (C=O) groups excluding carboxylic acids is 2. The van der Waals surface area contributed by atoms with Crippen LogP contribution in [0, 0.1) is 0 Å². The van der Waals surface area contributed by atoms with Crippen LogP contribution >= 0.6 is 0 Å². The molecule has 3 rings (SSSR count). The molecule has 0 aromatic heterocycles. The van der Waals surface area contributed by atoms with Gasteiger partial charge in [-0.25, -0.2) is 0 Å². The number of piperazine rings is 1. The number of anilines is 1. The second kappa shape index (κ2) is 8.04. The minimum Gasteiger partial charge on any atom is -0.329 e. The Morgan fingerprint density at radius 2 is 1.79 bits per heavy atom. The summed E-state index contributed by atoms with van der Waals surface area (Å²) in [4.78, 5) is 28.1. The fourth-order valence-corrected chi connectivity index (χ4v) is 3.36. The van der Waals surface area contributed by atoms with Crippen LogP contribution in [0.2, 0.25) is 0 Å². The fourth-order valence-electron chi connectivity index (χ4n) is 3.36. The molecule has 0 radical (unpaired) electrons. The maximum atomic E-state index is 12.9. The summed E-state index contributed by atoms with van der Waals surface area (Å²) in [5.41, 5.74) is 0.437. The van der Waals surface area contributed by atoms with Gasteiger partial charge in [0.2, 0.25) is 11.8 Å². The van der Waals surface area contributed by atoms with E-state index >= 15 is 0 Å². The zero-order chi connectivity index (χ0) is 20.3. The number of carbonyl (C=O) groups is 2. The van der Waals surface area contributed by atoms with Crippen molar-refractivity contribution >= 4 is 17.5 Å². The number of benzene rings is 2. The van der Waals surface area contributed by atoms with Gasteiger partial charge in [-0.1, -0.05) is 36.4 Å². The number of aryl methyl sites for hydroxylation is 1. The quantitative estimate of drug-likeness (QED) is 0.795. The number of halogens is 3. The molecular weight excluding hydrogens is 369 g/mol. The standard InChI is InChI=1S/C21H21F3N2O2/c1-15-20(28)26(18-9-5-8-17(14-18)21(22,23)24)13-12-25(15)19(27)11-10-16-6-3-2-4-7-16/h2-9,14-15H,10-13H2,1H3. The summed E-state index contributed by atoms with van der Waals surface area (Å²) in [7, 11) is 0. The first kappa shape index (κ1) is 19.9. The number of hydrogen-bond acceptors (Lipinski definition) is 2. The third-order valence-corrected chi connectivity index (χ3v) is 4.93. The molecule has 1 aliphatic rings. The van der Waals surface area contributed by atoms with Crippen molar-refractivity contribution in [3.05, 3.63) is 65.7 Å². The average molecular weight is 390 g/mol.